The zero-order chi connectivity index (χ0) is 13.8. The molecule has 0 radical (unpaired) electrons. The van der Waals surface area contributed by atoms with E-state index in [1.54, 1.807) is 24.0 Å². The molecule has 1 aromatic heterocycles. The summed E-state index contributed by atoms with van der Waals surface area (Å²) in [5.41, 5.74) is 0.611. The van der Waals surface area contributed by atoms with Gasteiger partial charge < -0.3 is 10.2 Å². The molecule has 1 N–H and O–H groups in total. The second-order valence-electron chi connectivity index (χ2n) is 5.80. The van der Waals surface area contributed by atoms with Gasteiger partial charge in [0.15, 0.2) is 0 Å². The summed E-state index contributed by atoms with van der Waals surface area (Å²) < 4.78 is 1.60. The maximum Gasteiger partial charge on any atom is 0.269 e. The Hall–Kier alpha value is -1.36. The molecule has 0 saturated carbocycles. The number of hydrogen-bond donors (Lipinski definition) is 1. The molecule has 0 spiro atoms. The van der Waals surface area contributed by atoms with Gasteiger partial charge in [0.1, 0.15) is 5.69 Å². The number of likely N-dealkylation sites (tertiary alicyclic amines) is 1. The fourth-order valence-electron chi connectivity index (χ4n) is 2.99. The number of rotatable bonds is 4. The van der Waals surface area contributed by atoms with Crippen molar-refractivity contribution in [2.24, 2.45) is 18.9 Å². The van der Waals surface area contributed by atoms with Gasteiger partial charge in [-0.25, -0.2) is 0 Å². The van der Waals surface area contributed by atoms with Crippen LogP contribution in [0.25, 0.3) is 0 Å². The lowest BCUT2D eigenvalue weighted by molar-refractivity contribution is 0.0927. The number of carbonyl (C=O) groups is 1. The maximum absolute atomic E-state index is 11.9. The van der Waals surface area contributed by atoms with Gasteiger partial charge in [0.05, 0.1) is 0 Å². The highest BCUT2D eigenvalue weighted by atomic mass is 16.2. The van der Waals surface area contributed by atoms with Gasteiger partial charge in [0.2, 0.25) is 0 Å². The van der Waals surface area contributed by atoms with Crippen LogP contribution in [0.3, 0.4) is 0 Å². The lowest BCUT2D eigenvalue weighted by Gasteiger charge is -2.34. The second kappa shape index (κ2) is 6.19. The van der Waals surface area contributed by atoms with Crippen LogP contribution < -0.4 is 5.32 Å². The van der Waals surface area contributed by atoms with Gasteiger partial charge in [0.25, 0.3) is 5.91 Å². The topological polar surface area (TPSA) is 50.2 Å². The number of nitrogens with zero attached hydrogens (tertiary/aromatic N) is 3. The molecule has 0 aliphatic carbocycles. The van der Waals surface area contributed by atoms with E-state index >= 15 is 0 Å². The van der Waals surface area contributed by atoms with Crippen molar-refractivity contribution in [1.29, 1.82) is 0 Å². The van der Waals surface area contributed by atoms with Crippen molar-refractivity contribution in [2.45, 2.75) is 20.3 Å². The average molecular weight is 264 g/mol. The Morgan fingerprint density at radius 3 is 2.68 bits per heavy atom. The van der Waals surface area contributed by atoms with Crippen molar-refractivity contribution < 1.29 is 4.79 Å². The summed E-state index contributed by atoms with van der Waals surface area (Å²) in [6.07, 6.45) is 2.96. The van der Waals surface area contributed by atoms with E-state index in [0.29, 0.717) is 12.2 Å². The van der Waals surface area contributed by atoms with E-state index in [4.69, 9.17) is 0 Å². The molecule has 1 fully saturated rings. The van der Waals surface area contributed by atoms with Crippen LogP contribution in [0.4, 0.5) is 0 Å². The lowest BCUT2D eigenvalue weighted by atomic mass is 9.92. The SMILES string of the molecule is C[C@@H]1C[C@H](C)CN(CCNC(=O)c2ccnn2C)C1. The molecule has 1 aliphatic rings. The summed E-state index contributed by atoms with van der Waals surface area (Å²) >= 11 is 0. The normalized spacial score (nSPS) is 24.4. The molecule has 1 aromatic rings. The van der Waals surface area contributed by atoms with E-state index in [1.807, 2.05) is 0 Å². The molecule has 1 amide bonds. The Kier molecular flexibility index (Phi) is 4.58. The van der Waals surface area contributed by atoms with Gasteiger partial charge in [-0.3, -0.25) is 9.48 Å². The largest absolute Gasteiger partial charge is 0.349 e. The summed E-state index contributed by atoms with van der Waals surface area (Å²) in [6.45, 7) is 8.52. The highest BCUT2D eigenvalue weighted by Gasteiger charge is 2.21. The zero-order valence-corrected chi connectivity index (χ0v) is 12.1. The third-order valence-corrected chi connectivity index (χ3v) is 3.71. The molecule has 0 unspecified atom stereocenters. The van der Waals surface area contributed by atoms with Gasteiger partial charge in [0, 0.05) is 39.4 Å². The first-order valence-electron chi connectivity index (χ1n) is 7.05. The first-order chi connectivity index (χ1) is 9.06. The number of carbonyl (C=O) groups excluding carboxylic acids is 1. The summed E-state index contributed by atoms with van der Waals surface area (Å²) in [6, 6.07) is 1.74. The van der Waals surface area contributed by atoms with Crippen LogP contribution in [0.15, 0.2) is 12.3 Å². The van der Waals surface area contributed by atoms with Gasteiger partial charge >= 0.3 is 0 Å². The number of aromatic nitrogens is 2. The standard InChI is InChI=1S/C14H24N4O/c1-11-8-12(2)10-18(9-11)7-6-15-14(19)13-4-5-16-17(13)3/h4-5,11-12H,6-10H2,1-3H3,(H,15,19)/t11-,12+. The van der Waals surface area contributed by atoms with Crippen LogP contribution in [0.2, 0.25) is 0 Å². The minimum absolute atomic E-state index is 0.0434. The molecule has 1 aliphatic heterocycles. The fourth-order valence-corrected chi connectivity index (χ4v) is 2.99. The smallest absolute Gasteiger partial charge is 0.269 e. The molecule has 106 valence electrons. The highest BCUT2D eigenvalue weighted by molar-refractivity contribution is 5.92. The molecule has 5 heteroatoms. The maximum atomic E-state index is 11.9. The predicted octanol–water partition coefficient (Wildman–Crippen LogP) is 1.13. The Morgan fingerprint density at radius 2 is 2.11 bits per heavy atom. The summed E-state index contributed by atoms with van der Waals surface area (Å²) in [7, 11) is 1.78. The van der Waals surface area contributed by atoms with Gasteiger partial charge in [-0.2, -0.15) is 5.10 Å². The van der Waals surface area contributed by atoms with Crippen LogP contribution in [-0.4, -0.2) is 46.8 Å². The van der Waals surface area contributed by atoms with Crippen molar-refractivity contribution in [3.8, 4) is 0 Å². The molecular formula is C14H24N4O. The van der Waals surface area contributed by atoms with Crippen molar-refractivity contribution >= 4 is 5.91 Å². The van der Waals surface area contributed by atoms with E-state index in [0.717, 1.165) is 31.5 Å². The third kappa shape index (κ3) is 3.80. The van der Waals surface area contributed by atoms with Gasteiger partial charge in [-0.05, 0) is 24.3 Å². The van der Waals surface area contributed by atoms with Crippen molar-refractivity contribution in [3.05, 3.63) is 18.0 Å². The van der Waals surface area contributed by atoms with Gasteiger partial charge in [-0.15, -0.1) is 0 Å². The highest BCUT2D eigenvalue weighted by Crippen LogP contribution is 2.20. The first kappa shape index (κ1) is 14.1. The van der Waals surface area contributed by atoms with Crippen LogP contribution >= 0.6 is 0 Å². The molecular weight excluding hydrogens is 240 g/mol. The van der Waals surface area contributed by atoms with Crippen molar-refractivity contribution in [3.63, 3.8) is 0 Å². The fraction of sp³-hybridized carbons (Fsp3) is 0.714. The zero-order valence-electron chi connectivity index (χ0n) is 12.1. The number of aryl methyl sites for hydroxylation is 1. The van der Waals surface area contributed by atoms with E-state index in [-0.39, 0.29) is 5.91 Å². The second-order valence-corrected chi connectivity index (χ2v) is 5.80. The lowest BCUT2D eigenvalue weighted by Crippen LogP contribution is -2.43. The number of amides is 1. The molecule has 0 bridgehead atoms. The summed E-state index contributed by atoms with van der Waals surface area (Å²) in [4.78, 5) is 14.4. The van der Waals surface area contributed by atoms with Gasteiger partial charge in [-0.1, -0.05) is 13.8 Å². The molecule has 0 aromatic carbocycles. The minimum Gasteiger partial charge on any atom is -0.349 e. The Bertz CT molecular complexity index is 419. The molecule has 5 nitrogen and oxygen atoms in total. The summed E-state index contributed by atoms with van der Waals surface area (Å²) in [5.74, 6) is 1.48. The Balaban J connectivity index is 1.75. The number of hydrogen-bond acceptors (Lipinski definition) is 3. The van der Waals surface area contributed by atoms with E-state index in [1.165, 1.54) is 6.42 Å². The minimum atomic E-state index is -0.0434. The van der Waals surface area contributed by atoms with Crippen molar-refractivity contribution in [1.82, 2.24) is 20.0 Å². The monoisotopic (exact) mass is 264 g/mol. The third-order valence-electron chi connectivity index (χ3n) is 3.71. The molecule has 19 heavy (non-hydrogen) atoms. The summed E-state index contributed by atoms with van der Waals surface area (Å²) in [5, 5.41) is 6.96. The molecule has 2 atom stereocenters. The Morgan fingerprint density at radius 1 is 1.42 bits per heavy atom. The number of nitrogens with one attached hydrogen (secondary N) is 1. The first-order valence-corrected chi connectivity index (χ1v) is 7.05. The molecule has 2 heterocycles. The van der Waals surface area contributed by atoms with Crippen LogP contribution in [-0.2, 0) is 7.05 Å². The van der Waals surface area contributed by atoms with E-state index in [2.05, 4.69) is 29.2 Å². The van der Waals surface area contributed by atoms with Crippen LogP contribution in [0.5, 0.6) is 0 Å². The van der Waals surface area contributed by atoms with Crippen molar-refractivity contribution in [2.75, 3.05) is 26.2 Å². The van der Waals surface area contributed by atoms with E-state index in [9.17, 15) is 4.79 Å². The number of piperidine rings is 1. The molecule has 2 rings (SSSR count). The van der Waals surface area contributed by atoms with Crippen LogP contribution in [0.1, 0.15) is 30.8 Å². The predicted molar refractivity (Wildman–Crippen MR) is 74.9 cm³/mol. The quantitative estimate of drug-likeness (QED) is 0.887. The van der Waals surface area contributed by atoms with E-state index < -0.39 is 0 Å². The van der Waals surface area contributed by atoms with Crippen LogP contribution in [0, 0.1) is 11.8 Å². The average Bonchev–Trinajstić information content (AvgIpc) is 2.74. The Labute approximate surface area is 115 Å². The molecule has 1 saturated heterocycles.